The van der Waals surface area contributed by atoms with E-state index >= 15 is 0 Å². The van der Waals surface area contributed by atoms with E-state index in [1.165, 1.54) is 28.1 Å². The van der Waals surface area contributed by atoms with E-state index in [9.17, 15) is 14.0 Å². The predicted molar refractivity (Wildman–Crippen MR) is 155 cm³/mol. The van der Waals surface area contributed by atoms with Crippen LogP contribution in [0.15, 0.2) is 77.9 Å². The van der Waals surface area contributed by atoms with Crippen LogP contribution in [0, 0.1) is 5.82 Å². The second kappa shape index (κ2) is 13.2. The van der Waals surface area contributed by atoms with Gasteiger partial charge in [0.15, 0.2) is 0 Å². The monoisotopic (exact) mass is 578 g/mol. The molecule has 2 heterocycles. The van der Waals surface area contributed by atoms with Crippen LogP contribution in [0.4, 0.5) is 4.39 Å². The maximum Gasteiger partial charge on any atom is 0.262 e. The number of nitrogens with zero attached hydrogens (tertiary/aromatic N) is 4. The first kappa shape index (κ1) is 28.7. The molecule has 5 rings (SSSR count). The molecule has 0 saturated carbocycles. The van der Waals surface area contributed by atoms with Crippen LogP contribution in [-0.2, 0) is 9.53 Å². The van der Waals surface area contributed by atoms with Crippen LogP contribution in [0.1, 0.15) is 33.9 Å². The smallest absolute Gasteiger partial charge is 0.262 e. The first-order chi connectivity index (χ1) is 19.9. The van der Waals surface area contributed by atoms with Crippen molar-refractivity contribution in [3.63, 3.8) is 0 Å². The Kier molecular flexibility index (Phi) is 9.28. The van der Waals surface area contributed by atoms with Gasteiger partial charge in [0.25, 0.3) is 11.8 Å². The Balaban J connectivity index is 1.43. The predicted octanol–water partition coefficient (Wildman–Crippen LogP) is 4.64. The highest BCUT2D eigenvalue weighted by Gasteiger charge is 2.35. The lowest BCUT2D eigenvalue weighted by Gasteiger charge is -2.31. The van der Waals surface area contributed by atoms with Gasteiger partial charge < -0.3 is 14.4 Å². The van der Waals surface area contributed by atoms with Crippen molar-refractivity contribution in [1.29, 1.82) is 0 Å². The number of hydrazone groups is 1. The number of amides is 2. The molecule has 1 atom stereocenters. The third kappa shape index (κ3) is 6.93. The first-order valence-electron chi connectivity index (χ1n) is 13.6. The van der Waals surface area contributed by atoms with Crippen LogP contribution in [0.25, 0.3) is 0 Å². The molecule has 2 aliphatic heterocycles. The summed E-state index contributed by atoms with van der Waals surface area (Å²) in [4.78, 5) is 31.2. The molecule has 41 heavy (non-hydrogen) atoms. The van der Waals surface area contributed by atoms with Crippen LogP contribution < -0.4 is 4.74 Å². The SMILES string of the molecule is COc1cccc(C2=NN(C(=O)CN(CCN3CCOCC3)C(=O)c3cccc(F)c3)[C@H](c3ccccc3Cl)C2)c1. The summed E-state index contributed by atoms with van der Waals surface area (Å²) in [5, 5.41) is 6.70. The van der Waals surface area contributed by atoms with Crippen molar-refractivity contribution >= 4 is 29.1 Å². The molecule has 2 aliphatic rings. The van der Waals surface area contributed by atoms with Crippen LogP contribution in [-0.4, -0.2) is 85.4 Å². The van der Waals surface area contributed by atoms with E-state index in [0.717, 1.165) is 24.2 Å². The summed E-state index contributed by atoms with van der Waals surface area (Å²) in [6.45, 7) is 3.34. The third-order valence-corrected chi connectivity index (χ3v) is 7.65. The Bertz CT molecular complexity index is 1430. The molecular formula is C31H32ClFN4O4. The van der Waals surface area contributed by atoms with Crippen molar-refractivity contribution in [1.82, 2.24) is 14.8 Å². The molecule has 3 aromatic rings. The van der Waals surface area contributed by atoms with Gasteiger partial charge in [0, 0.05) is 48.7 Å². The van der Waals surface area contributed by atoms with Crippen LogP contribution in [0.5, 0.6) is 5.75 Å². The normalized spacial score (nSPS) is 17.3. The Morgan fingerprint density at radius 1 is 1.07 bits per heavy atom. The number of carbonyl (C=O) groups excluding carboxylic acids is 2. The molecule has 0 unspecified atom stereocenters. The van der Waals surface area contributed by atoms with Gasteiger partial charge in [-0.2, -0.15) is 5.10 Å². The fraction of sp³-hybridized carbons (Fsp3) is 0.323. The highest BCUT2D eigenvalue weighted by atomic mass is 35.5. The number of benzene rings is 3. The molecule has 2 amide bonds. The topological polar surface area (TPSA) is 74.7 Å². The molecule has 1 fully saturated rings. The number of hydrogen-bond acceptors (Lipinski definition) is 6. The molecule has 0 N–H and O–H groups in total. The zero-order valence-electron chi connectivity index (χ0n) is 22.8. The van der Waals surface area contributed by atoms with Crippen molar-refractivity contribution in [2.75, 3.05) is 53.0 Å². The van der Waals surface area contributed by atoms with E-state index in [-0.39, 0.29) is 24.6 Å². The Morgan fingerprint density at radius 3 is 2.61 bits per heavy atom. The summed E-state index contributed by atoms with van der Waals surface area (Å²) in [7, 11) is 1.60. The van der Waals surface area contributed by atoms with Gasteiger partial charge in [0.1, 0.15) is 18.1 Å². The quantitative estimate of drug-likeness (QED) is 0.370. The highest BCUT2D eigenvalue weighted by molar-refractivity contribution is 6.31. The fourth-order valence-corrected chi connectivity index (χ4v) is 5.35. The molecule has 3 aromatic carbocycles. The molecular weight excluding hydrogens is 547 g/mol. The number of halogens is 2. The van der Waals surface area contributed by atoms with Gasteiger partial charge in [0.2, 0.25) is 0 Å². The molecule has 0 aliphatic carbocycles. The van der Waals surface area contributed by atoms with Crippen LogP contribution in [0.2, 0.25) is 5.02 Å². The molecule has 1 saturated heterocycles. The van der Waals surface area contributed by atoms with E-state index in [0.29, 0.717) is 42.7 Å². The summed E-state index contributed by atoms with van der Waals surface area (Å²) in [6, 6.07) is 19.9. The van der Waals surface area contributed by atoms with Crippen LogP contribution >= 0.6 is 11.6 Å². The molecule has 0 aromatic heterocycles. The van der Waals surface area contributed by atoms with Crippen molar-refractivity contribution in [2.24, 2.45) is 5.10 Å². The van der Waals surface area contributed by atoms with Gasteiger partial charge in [-0.1, -0.05) is 48.0 Å². The molecule has 0 radical (unpaired) electrons. The van der Waals surface area contributed by atoms with E-state index in [1.807, 2.05) is 42.5 Å². The number of hydrogen-bond donors (Lipinski definition) is 0. The van der Waals surface area contributed by atoms with Crippen LogP contribution in [0.3, 0.4) is 0 Å². The summed E-state index contributed by atoms with van der Waals surface area (Å²) < 4.78 is 24.8. The minimum absolute atomic E-state index is 0.185. The highest BCUT2D eigenvalue weighted by Crippen LogP contribution is 2.36. The van der Waals surface area contributed by atoms with Crippen molar-refractivity contribution < 1.29 is 23.5 Å². The van der Waals surface area contributed by atoms with E-state index < -0.39 is 17.8 Å². The van der Waals surface area contributed by atoms with Gasteiger partial charge in [-0.25, -0.2) is 9.40 Å². The van der Waals surface area contributed by atoms with Gasteiger partial charge in [-0.05, 0) is 42.0 Å². The second-order valence-electron chi connectivity index (χ2n) is 9.95. The zero-order valence-corrected chi connectivity index (χ0v) is 23.6. The zero-order chi connectivity index (χ0) is 28.8. The summed E-state index contributed by atoms with van der Waals surface area (Å²) >= 11 is 6.58. The van der Waals surface area contributed by atoms with Gasteiger partial charge in [-0.15, -0.1) is 0 Å². The number of ether oxygens (including phenoxy) is 2. The Labute approximate surface area is 243 Å². The standard InChI is InChI=1S/C31H32ClFN4O4/c1-40-25-9-5-6-22(19-25)28-20-29(26-10-2-3-11-27(26)32)37(34-28)30(38)21-36(13-12-35-14-16-41-17-15-35)31(39)23-7-4-8-24(33)18-23/h2-11,18-19,29H,12-17,20-21H2,1H3/t29-/m0/s1. The molecule has 8 nitrogen and oxygen atoms in total. The minimum Gasteiger partial charge on any atom is -0.497 e. The van der Waals surface area contributed by atoms with Crippen molar-refractivity contribution in [3.05, 3.63) is 100 Å². The minimum atomic E-state index is -0.513. The average molecular weight is 579 g/mol. The summed E-state index contributed by atoms with van der Waals surface area (Å²) in [6.07, 6.45) is 0.439. The number of rotatable bonds is 9. The largest absolute Gasteiger partial charge is 0.497 e. The molecule has 0 bridgehead atoms. The molecule has 10 heteroatoms. The summed E-state index contributed by atoms with van der Waals surface area (Å²) in [5.41, 5.74) is 2.49. The van der Waals surface area contributed by atoms with Gasteiger partial charge in [0.05, 0.1) is 32.1 Å². The lowest BCUT2D eigenvalue weighted by molar-refractivity contribution is -0.133. The fourth-order valence-electron chi connectivity index (χ4n) is 5.08. The van der Waals surface area contributed by atoms with Crippen molar-refractivity contribution in [2.45, 2.75) is 12.5 Å². The van der Waals surface area contributed by atoms with E-state index in [1.54, 1.807) is 19.2 Å². The molecule has 214 valence electrons. The van der Waals surface area contributed by atoms with Gasteiger partial charge >= 0.3 is 0 Å². The number of carbonyl (C=O) groups is 2. The lowest BCUT2D eigenvalue weighted by atomic mass is 9.98. The number of morpholine rings is 1. The second-order valence-corrected chi connectivity index (χ2v) is 10.4. The first-order valence-corrected chi connectivity index (χ1v) is 13.9. The Hall–Kier alpha value is -3.79. The lowest BCUT2D eigenvalue weighted by Crippen LogP contribution is -2.46. The van der Waals surface area contributed by atoms with Crippen molar-refractivity contribution in [3.8, 4) is 5.75 Å². The maximum atomic E-state index is 14.0. The van der Waals surface area contributed by atoms with Gasteiger partial charge in [-0.3, -0.25) is 14.5 Å². The molecule has 0 spiro atoms. The number of methoxy groups -OCH3 is 1. The maximum absolute atomic E-state index is 14.0. The third-order valence-electron chi connectivity index (χ3n) is 7.31. The summed E-state index contributed by atoms with van der Waals surface area (Å²) in [5.74, 6) is -0.614. The van der Waals surface area contributed by atoms with E-state index in [2.05, 4.69) is 4.90 Å². The Morgan fingerprint density at radius 2 is 1.85 bits per heavy atom. The van der Waals surface area contributed by atoms with E-state index in [4.69, 9.17) is 26.2 Å². The average Bonchev–Trinajstić information content (AvgIpc) is 3.45.